The zero-order valence-corrected chi connectivity index (χ0v) is 22.8. The number of β-lactam (4-membered cyclic amide) rings is 1. The Hall–Kier alpha value is -2.24. The number of benzene rings is 2. The number of aliphatic carboxylic acids is 1. The van der Waals surface area contributed by atoms with E-state index in [9.17, 15) is 24.3 Å². The van der Waals surface area contributed by atoms with Crippen molar-refractivity contribution in [2.75, 3.05) is 18.6 Å². The molecule has 1 saturated heterocycles. The maximum absolute atomic E-state index is 12.8. The van der Waals surface area contributed by atoms with E-state index in [1.54, 1.807) is 54.6 Å². The van der Waals surface area contributed by atoms with E-state index in [2.05, 4.69) is 5.32 Å². The molecule has 2 aliphatic heterocycles. The van der Waals surface area contributed by atoms with Crippen molar-refractivity contribution in [3.63, 3.8) is 0 Å². The number of carbonyl (C=O) groups excluding carboxylic acids is 4. The fourth-order valence-electron chi connectivity index (χ4n) is 3.79. The summed E-state index contributed by atoms with van der Waals surface area (Å²) in [7, 11) is 1.54. The summed E-state index contributed by atoms with van der Waals surface area (Å²) in [4.78, 5) is 50.7. The molecule has 0 saturated carbocycles. The van der Waals surface area contributed by atoms with Gasteiger partial charge in [-0.1, -0.05) is 54.2 Å². The Morgan fingerprint density at radius 1 is 1.17 bits per heavy atom. The number of thioether (sulfide) groups is 2. The SMILES string of the molecule is COc1cccc(CC(=O)N[C@@H]2C(=O)N3C(C(=O)[O-])=C(CSC(=O)c4ccccc4)CS[C@H]23)c1.[Na+]. The van der Waals surface area contributed by atoms with Gasteiger partial charge in [0.25, 0.3) is 5.91 Å². The van der Waals surface area contributed by atoms with E-state index in [1.807, 2.05) is 0 Å². The van der Waals surface area contributed by atoms with Crippen molar-refractivity contribution in [3.8, 4) is 5.75 Å². The van der Waals surface area contributed by atoms with Gasteiger partial charge < -0.3 is 20.0 Å². The molecule has 1 fully saturated rings. The predicted octanol–water partition coefficient (Wildman–Crippen LogP) is -1.78. The van der Waals surface area contributed by atoms with Crippen LogP contribution < -0.4 is 44.7 Å². The number of rotatable bonds is 8. The van der Waals surface area contributed by atoms with Crippen LogP contribution in [0.15, 0.2) is 65.9 Å². The molecule has 0 bridgehead atoms. The molecule has 2 aromatic carbocycles. The van der Waals surface area contributed by atoms with Gasteiger partial charge in [-0.2, -0.15) is 0 Å². The average molecular weight is 521 g/mol. The molecule has 0 aromatic heterocycles. The Kier molecular flexibility index (Phi) is 9.48. The van der Waals surface area contributed by atoms with Crippen LogP contribution in [-0.2, 0) is 20.8 Å². The number of amides is 2. The Labute approximate surface area is 233 Å². The number of fused-ring (bicyclic) bond motifs is 1. The van der Waals surface area contributed by atoms with Crippen molar-refractivity contribution in [2.24, 2.45) is 0 Å². The van der Waals surface area contributed by atoms with Gasteiger partial charge in [0.1, 0.15) is 17.2 Å². The van der Waals surface area contributed by atoms with Crippen LogP contribution in [0.5, 0.6) is 5.75 Å². The third kappa shape index (κ3) is 6.13. The minimum atomic E-state index is -1.47. The third-order valence-corrected chi connectivity index (χ3v) is 7.77. The molecule has 8 nitrogen and oxygen atoms in total. The maximum atomic E-state index is 12.8. The molecule has 2 aromatic rings. The molecule has 0 radical (unpaired) electrons. The zero-order valence-electron chi connectivity index (χ0n) is 19.2. The Morgan fingerprint density at radius 2 is 1.91 bits per heavy atom. The number of nitrogens with zero attached hydrogens (tertiary/aromatic N) is 1. The zero-order chi connectivity index (χ0) is 24.2. The van der Waals surface area contributed by atoms with Crippen LogP contribution >= 0.6 is 23.5 Å². The number of nitrogens with one attached hydrogen (secondary N) is 1. The normalized spacial score (nSPS) is 18.7. The van der Waals surface area contributed by atoms with Gasteiger partial charge in [0.2, 0.25) is 11.0 Å². The maximum Gasteiger partial charge on any atom is 1.00 e. The van der Waals surface area contributed by atoms with Crippen molar-refractivity contribution in [3.05, 3.63) is 77.0 Å². The number of ether oxygens (including phenoxy) is 1. The summed E-state index contributed by atoms with van der Waals surface area (Å²) < 4.78 is 5.16. The van der Waals surface area contributed by atoms with Gasteiger partial charge in [0, 0.05) is 17.1 Å². The van der Waals surface area contributed by atoms with E-state index in [1.165, 1.54) is 18.9 Å². The van der Waals surface area contributed by atoms with E-state index >= 15 is 0 Å². The largest absolute Gasteiger partial charge is 1.00 e. The van der Waals surface area contributed by atoms with Gasteiger partial charge in [0.15, 0.2) is 0 Å². The summed E-state index contributed by atoms with van der Waals surface area (Å²) in [5.74, 6) is -1.25. The van der Waals surface area contributed by atoms with E-state index in [0.717, 1.165) is 22.2 Å². The average Bonchev–Trinajstić information content (AvgIpc) is 2.85. The van der Waals surface area contributed by atoms with Gasteiger partial charge in [-0.05, 0) is 23.3 Å². The number of carbonyl (C=O) groups is 4. The predicted molar refractivity (Wildman–Crippen MR) is 127 cm³/mol. The number of carboxylic acids is 1. The summed E-state index contributed by atoms with van der Waals surface area (Å²) in [6.45, 7) is 0. The molecule has 2 heterocycles. The first kappa shape index (κ1) is 27.3. The standard InChI is InChI=1S/C24H22N2O6S2.Na/c1-32-17-9-5-6-14(10-17)11-18(27)25-19-21(28)26-20(23(29)30)16(12-33-22(19)26)13-34-24(31)15-7-3-2-4-8-15;/h2-10,19,22H,11-13H2,1H3,(H,25,27)(H,29,30);/q;+1/p-1/t19-,22-;/m1./s1. The number of hydrogen-bond acceptors (Lipinski definition) is 8. The van der Waals surface area contributed by atoms with Crippen LogP contribution in [0.2, 0.25) is 0 Å². The van der Waals surface area contributed by atoms with Crippen LogP contribution in [0.4, 0.5) is 0 Å². The van der Waals surface area contributed by atoms with Crippen molar-refractivity contribution in [1.29, 1.82) is 0 Å². The number of methoxy groups -OCH3 is 1. The topological polar surface area (TPSA) is 116 Å². The van der Waals surface area contributed by atoms with Gasteiger partial charge in [-0.3, -0.25) is 19.3 Å². The number of carboxylic acid groups (broad SMARTS) is 1. The summed E-state index contributed by atoms with van der Waals surface area (Å²) >= 11 is 2.33. The van der Waals surface area contributed by atoms with Crippen LogP contribution in [-0.4, -0.2) is 57.8 Å². The van der Waals surface area contributed by atoms with Crippen LogP contribution in [0.25, 0.3) is 0 Å². The van der Waals surface area contributed by atoms with Gasteiger partial charge in [-0.15, -0.1) is 11.8 Å². The second-order valence-corrected chi connectivity index (χ2v) is 9.72. The molecule has 11 heteroatoms. The van der Waals surface area contributed by atoms with Gasteiger partial charge >= 0.3 is 29.6 Å². The molecule has 0 unspecified atom stereocenters. The van der Waals surface area contributed by atoms with Crippen LogP contribution in [0.1, 0.15) is 15.9 Å². The smallest absolute Gasteiger partial charge is 0.543 e. The first-order chi connectivity index (χ1) is 16.4. The van der Waals surface area contributed by atoms with Gasteiger partial charge in [0.05, 0.1) is 25.2 Å². The summed E-state index contributed by atoms with van der Waals surface area (Å²) in [6.07, 6.45) is 0.0606. The molecule has 2 atom stereocenters. The van der Waals surface area contributed by atoms with Crippen molar-refractivity contribution in [2.45, 2.75) is 17.8 Å². The molecule has 4 rings (SSSR count). The molecule has 2 amide bonds. The van der Waals surface area contributed by atoms with Gasteiger partial charge in [-0.25, -0.2) is 0 Å². The minimum Gasteiger partial charge on any atom is -0.543 e. The third-order valence-electron chi connectivity index (χ3n) is 5.44. The number of hydrogen-bond donors (Lipinski definition) is 1. The minimum absolute atomic E-state index is 0. The van der Waals surface area contributed by atoms with E-state index < -0.39 is 23.3 Å². The van der Waals surface area contributed by atoms with E-state index in [4.69, 9.17) is 4.74 Å². The van der Waals surface area contributed by atoms with Crippen LogP contribution in [0, 0.1) is 0 Å². The summed E-state index contributed by atoms with van der Waals surface area (Å²) in [6, 6.07) is 14.9. The second-order valence-electron chi connectivity index (χ2n) is 7.67. The first-order valence-corrected chi connectivity index (χ1v) is 12.4. The quantitative estimate of drug-likeness (QED) is 0.321. The molecule has 1 N–H and O–H groups in total. The molecule has 2 aliphatic rings. The fraction of sp³-hybridized carbons (Fsp3) is 0.250. The Balaban J connectivity index is 0.00000342. The first-order valence-electron chi connectivity index (χ1n) is 10.4. The molecule has 0 spiro atoms. The van der Waals surface area contributed by atoms with E-state index in [0.29, 0.717) is 22.6 Å². The monoisotopic (exact) mass is 520 g/mol. The second kappa shape index (κ2) is 12.1. The van der Waals surface area contributed by atoms with Crippen LogP contribution in [0.3, 0.4) is 0 Å². The molecule has 35 heavy (non-hydrogen) atoms. The van der Waals surface area contributed by atoms with Crippen molar-refractivity contribution in [1.82, 2.24) is 10.2 Å². The van der Waals surface area contributed by atoms with Crippen molar-refractivity contribution < 1.29 is 58.6 Å². The molecule has 176 valence electrons. The van der Waals surface area contributed by atoms with E-state index in [-0.39, 0.29) is 58.5 Å². The Bertz CT molecular complexity index is 1170. The fourth-order valence-corrected chi connectivity index (χ4v) is 6.11. The summed E-state index contributed by atoms with van der Waals surface area (Å²) in [5, 5.41) is 13.9. The van der Waals surface area contributed by atoms with Crippen molar-refractivity contribution >= 4 is 46.4 Å². The molecule has 0 aliphatic carbocycles. The summed E-state index contributed by atoms with van der Waals surface area (Å²) in [5.41, 5.74) is 1.49. The Morgan fingerprint density at radius 3 is 2.60 bits per heavy atom. The molecular weight excluding hydrogens is 499 g/mol. The molecular formula is C24H21N2NaO6S2.